The molecule has 0 aliphatic rings. The number of amides is 1. The zero-order valence-corrected chi connectivity index (χ0v) is 17.2. The number of furan rings is 2. The summed E-state index contributed by atoms with van der Waals surface area (Å²) in [4.78, 5) is 26.3. The molecule has 31 heavy (non-hydrogen) atoms. The smallest absolute Gasteiger partial charge is 0.291 e. The lowest BCUT2D eigenvalue weighted by Gasteiger charge is -2.05. The van der Waals surface area contributed by atoms with Crippen molar-refractivity contribution in [2.45, 2.75) is 6.92 Å². The highest BCUT2D eigenvalue weighted by Gasteiger charge is 2.26. The summed E-state index contributed by atoms with van der Waals surface area (Å²) in [6, 6.07) is 21.1. The zero-order chi connectivity index (χ0) is 21.5. The highest BCUT2D eigenvalue weighted by atomic mass is 35.5. The van der Waals surface area contributed by atoms with Crippen LogP contribution in [-0.4, -0.2) is 11.7 Å². The molecule has 5 nitrogen and oxygen atoms in total. The van der Waals surface area contributed by atoms with Gasteiger partial charge in [0.1, 0.15) is 11.2 Å². The van der Waals surface area contributed by atoms with E-state index in [9.17, 15) is 9.59 Å². The molecule has 0 unspecified atom stereocenters. The quantitative estimate of drug-likeness (QED) is 0.325. The first-order chi connectivity index (χ1) is 15.0. The van der Waals surface area contributed by atoms with E-state index in [2.05, 4.69) is 5.32 Å². The van der Waals surface area contributed by atoms with Gasteiger partial charge in [0.25, 0.3) is 5.91 Å². The molecular weight excluding hydrogens is 414 g/mol. The van der Waals surface area contributed by atoms with Crippen molar-refractivity contribution in [2.24, 2.45) is 0 Å². The molecule has 1 N–H and O–H groups in total. The summed E-state index contributed by atoms with van der Waals surface area (Å²) in [6.45, 7) is 1.83. The predicted molar refractivity (Wildman–Crippen MR) is 120 cm³/mol. The number of rotatable bonds is 4. The first-order valence-electron chi connectivity index (χ1n) is 9.64. The van der Waals surface area contributed by atoms with E-state index < -0.39 is 5.91 Å². The maximum atomic E-state index is 13.2. The van der Waals surface area contributed by atoms with Crippen LogP contribution in [0.3, 0.4) is 0 Å². The van der Waals surface area contributed by atoms with Crippen molar-refractivity contribution >= 4 is 50.9 Å². The van der Waals surface area contributed by atoms with Gasteiger partial charge in [-0.05, 0) is 49.4 Å². The molecule has 152 valence electrons. The van der Waals surface area contributed by atoms with Gasteiger partial charge in [-0.2, -0.15) is 0 Å². The number of carbonyl (C=O) groups is 2. The highest BCUT2D eigenvalue weighted by molar-refractivity contribution is 6.30. The van der Waals surface area contributed by atoms with Gasteiger partial charge in [0.05, 0.1) is 5.69 Å². The normalized spacial score (nSPS) is 11.2. The van der Waals surface area contributed by atoms with Crippen LogP contribution < -0.4 is 5.32 Å². The Morgan fingerprint density at radius 3 is 2.03 bits per heavy atom. The molecule has 0 spiro atoms. The molecular formula is C25H16ClNO4. The minimum atomic E-state index is -0.453. The summed E-state index contributed by atoms with van der Waals surface area (Å²) in [5, 5.41) is 4.85. The third kappa shape index (κ3) is 3.29. The number of anilines is 1. The zero-order valence-electron chi connectivity index (χ0n) is 16.4. The number of benzene rings is 3. The minimum Gasteiger partial charge on any atom is -0.451 e. The van der Waals surface area contributed by atoms with Gasteiger partial charge in [-0.25, -0.2) is 0 Å². The molecule has 0 radical (unpaired) electrons. The summed E-state index contributed by atoms with van der Waals surface area (Å²) in [5.41, 5.74) is 2.56. The van der Waals surface area contributed by atoms with E-state index in [4.69, 9.17) is 20.4 Å². The van der Waals surface area contributed by atoms with Crippen LogP contribution >= 0.6 is 11.6 Å². The van der Waals surface area contributed by atoms with Crippen molar-refractivity contribution in [1.82, 2.24) is 0 Å². The van der Waals surface area contributed by atoms with E-state index in [0.29, 0.717) is 32.8 Å². The highest BCUT2D eigenvalue weighted by Crippen LogP contribution is 2.34. The molecule has 6 heteroatoms. The standard InChI is InChI=1S/C25H16ClNO4/c1-14-17-6-2-4-8-19(17)30-23(14)25(29)27-21-18-7-3-5-9-20(18)31-24(21)22(28)15-10-12-16(26)13-11-15/h2-13H,1H3,(H,27,29). The number of carbonyl (C=O) groups excluding carboxylic acids is 2. The lowest BCUT2D eigenvalue weighted by molar-refractivity contribution is 0.0997. The molecule has 3 aromatic carbocycles. The number of aryl methyl sites for hydroxylation is 1. The van der Waals surface area contributed by atoms with Crippen molar-refractivity contribution in [3.05, 3.63) is 100 Å². The first-order valence-corrected chi connectivity index (χ1v) is 10.0. The summed E-state index contributed by atoms with van der Waals surface area (Å²) >= 11 is 5.94. The maximum Gasteiger partial charge on any atom is 0.291 e. The van der Waals surface area contributed by atoms with Crippen LogP contribution in [0.4, 0.5) is 5.69 Å². The summed E-state index contributed by atoms with van der Waals surface area (Å²) < 4.78 is 11.6. The van der Waals surface area contributed by atoms with Crippen LogP contribution in [0.5, 0.6) is 0 Å². The first kappa shape index (κ1) is 19.2. The lowest BCUT2D eigenvalue weighted by atomic mass is 10.1. The predicted octanol–water partition coefficient (Wildman–Crippen LogP) is 6.62. The molecule has 0 atom stereocenters. The third-order valence-corrected chi connectivity index (χ3v) is 5.45. The fourth-order valence-corrected chi connectivity index (χ4v) is 3.75. The van der Waals surface area contributed by atoms with Gasteiger partial charge in [0.2, 0.25) is 5.78 Å². The Morgan fingerprint density at radius 2 is 1.35 bits per heavy atom. The number of hydrogen-bond donors (Lipinski definition) is 1. The Kier molecular flexibility index (Phi) is 4.60. The molecule has 0 aliphatic carbocycles. The van der Waals surface area contributed by atoms with Crippen LogP contribution in [-0.2, 0) is 0 Å². The fraction of sp³-hybridized carbons (Fsp3) is 0.0400. The molecule has 1 amide bonds. The van der Waals surface area contributed by atoms with Crippen molar-refractivity contribution in [3.63, 3.8) is 0 Å². The lowest BCUT2D eigenvalue weighted by Crippen LogP contribution is -2.14. The third-order valence-electron chi connectivity index (χ3n) is 5.20. The summed E-state index contributed by atoms with van der Waals surface area (Å²) in [6.07, 6.45) is 0. The molecule has 2 aromatic heterocycles. The average molecular weight is 430 g/mol. The largest absolute Gasteiger partial charge is 0.451 e. The summed E-state index contributed by atoms with van der Waals surface area (Å²) in [5.74, 6) is -0.572. The van der Waals surface area contributed by atoms with Gasteiger partial charge in [-0.1, -0.05) is 41.9 Å². The van der Waals surface area contributed by atoms with E-state index >= 15 is 0 Å². The molecule has 0 aliphatic heterocycles. The molecule has 0 saturated carbocycles. The molecule has 2 heterocycles. The monoisotopic (exact) mass is 429 g/mol. The van der Waals surface area contributed by atoms with Crippen molar-refractivity contribution in [3.8, 4) is 0 Å². The second-order valence-electron chi connectivity index (χ2n) is 7.14. The Balaban J connectivity index is 1.59. The van der Waals surface area contributed by atoms with Crippen molar-refractivity contribution < 1.29 is 18.4 Å². The van der Waals surface area contributed by atoms with Crippen LogP contribution in [0.1, 0.15) is 32.2 Å². The fourth-order valence-electron chi connectivity index (χ4n) is 3.62. The second-order valence-corrected chi connectivity index (χ2v) is 7.58. The van der Waals surface area contributed by atoms with E-state index in [-0.39, 0.29) is 17.3 Å². The molecule has 5 aromatic rings. The van der Waals surface area contributed by atoms with Crippen LogP contribution in [0.2, 0.25) is 5.02 Å². The number of fused-ring (bicyclic) bond motifs is 2. The van der Waals surface area contributed by atoms with Crippen molar-refractivity contribution in [1.29, 1.82) is 0 Å². The Hall–Kier alpha value is -3.83. The minimum absolute atomic E-state index is 0.0469. The van der Waals surface area contributed by atoms with Gasteiger partial charge in [-0.15, -0.1) is 0 Å². The number of ketones is 1. The number of halogens is 1. The Labute approximate surface area is 182 Å². The molecule has 0 bridgehead atoms. The SMILES string of the molecule is Cc1c(C(=O)Nc2c(C(=O)c3ccc(Cl)cc3)oc3ccccc23)oc2ccccc12. The average Bonchev–Trinajstić information content (AvgIpc) is 3.32. The van der Waals surface area contributed by atoms with Gasteiger partial charge in [0, 0.05) is 26.9 Å². The topological polar surface area (TPSA) is 72.5 Å². The van der Waals surface area contributed by atoms with E-state index in [0.717, 1.165) is 10.9 Å². The van der Waals surface area contributed by atoms with Crippen molar-refractivity contribution in [2.75, 3.05) is 5.32 Å². The number of para-hydroxylation sites is 2. The van der Waals surface area contributed by atoms with Crippen LogP contribution in [0.25, 0.3) is 21.9 Å². The molecule has 5 rings (SSSR count). The van der Waals surface area contributed by atoms with E-state index in [1.54, 1.807) is 42.5 Å². The Morgan fingerprint density at radius 1 is 0.774 bits per heavy atom. The summed E-state index contributed by atoms with van der Waals surface area (Å²) in [7, 11) is 0. The van der Waals surface area contributed by atoms with Gasteiger partial charge in [-0.3, -0.25) is 9.59 Å². The van der Waals surface area contributed by atoms with Gasteiger partial charge >= 0.3 is 0 Å². The van der Waals surface area contributed by atoms with E-state index in [1.165, 1.54) is 0 Å². The molecule has 0 saturated heterocycles. The second kappa shape index (κ2) is 7.45. The van der Waals surface area contributed by atoms with Crippen LogP contribution in [0, 0.1) is 6.92 Å². The van der Waals surface area contributed by atoms with E-state index in [1.807, 2.05) is 37.3 Å². The number of nitrogens with one attached hydrogen (secondary N) is 1. The Bertz CT molecular complexity index is 1460. The number of hydrogen-bond acceptors (Lipinski definition) is 4. The molecule has 0 fully saturated rings. The van der Waals surface area contributed by atoms with Gasteiger partial charge in [0.15, 0.2) is 11.5 Å². The van der Waals surface area contributed by atoms with Gasteiger partial charge < -0.3 is 14.2 Å². The van der Waals surface area contributed by atoms with Crippen LogP contribution in [0.15, 0.2) is 81.6 Å². The maximum absolute atomic E-state index is 13.2.